The van der Waals surface area contributed by atoms with Crippen LogP contribution in [-0.4, -0.2) is 887 Å². The molecule has 0 aliphatic carbocycles. The van der Waals surface area contributed by atoms with Crippen LogP contribution in [0.1, 0.15) is 0 Å². The summed E-state index contributed by atoms with van der Waals surface area (Å²) in [5.74, 6) is 0. The first kappa shape index (κ1) is 232. The number of hydrogen-bond donors (Lipinski definition) is 0. The van der Waals surface area contributed by atoms with Crippen molar-refractivity contribution in [3.63, 3.8) is 0 Å². The van der Waals surface area contributed by atoms with E-state index in [1.54, 1.807) is 0 Å². The molecule has 30 heteroatoms. The Hall–Kier alpha value is 30.0. The van der Waals surface area contributed by atoms with Crippen molar-refractivity contribution in [2.75, 3.05) is 0 Å². The maximum atomic E-state index is 0. The third-order valence-electron chi connectivity index (χ3n) is 0. The minimum atomic E-state index is 0. The molecule has 0 aliphatic rings. The average Bonchev–Trinajstić information content (AvgIpc) is 0. The molecule has 60 valence electrons. The summed E-state index contributed by atoms with van der Waals surface area (Å²) in [6, 6.07) is 0. The molecule has 0 saturated carbocycles. The van der Waals surface area contributed by atoms with Crippen LogP contribution in [0.4, 0.5) is 0 Å². The Morgan fingerprint density at radius 3 is 0.0333 bits per heavy atom. The van der Waals surface area contributed by atoms with E-state index in [0.29, 0.717) is 0 Å². The van der Waals surface area contributed by atoms with Gasteiger partial charge in [0, 0.05) is 0 Å². The fourth-order valence-corrected chi connectivity index (χ4v) is 0. The SMILES string of the molecule is [NaH].[NaH].[NaH].[NaH].[NaH].[NaH].[NaH].[NaH].[NaH].[NaH].[NaH].[NaH].[NaH].[NaH].[NaH].[NaH].[NaH].[NaH].[NaH].[NaH].[NaH].[NaH].[NaH].[NaH].[NaH].[NaH].[NaH].[NaH].[NaH].[NaH]. The summed E-state index contributed by atoms with van der Waals surface area (Å²) in [6.07, 6.45) is 0. The molecule has 0 heterocycles. The number of rotatable bonds is 0. The molecule has 0 radical (unpaired) electrons. The summed E-state index contributed by atoms with van der Waals surface area (Å²) in [6.45, 7) is 0. The van der Waals surface area contributed by atoms with Crippen LogP contribution in [0.25, 0.3) is 0 Å². The van der Waals surface area contributed by atoms with Crippen LogP contribution < -0.4 is 0 Å². The van der Waals surface area contributed by atoms with Crippen LogP contribution in [0.2, 0.25) is 0 Å². The van der Waals surface area contributed by atoms with Crippen LogP contribution in [-0.2, 0) is 0 Å². The van der Waals surface area contributed by atoms with Crippen molar-refractivity contribution in [2.45, 2.75) is 0 Å². The monoisotopic (exact) mass is 720 g/mol. The van der Waals surface area contributed by atoms with E-state index >= 15 is 0 Å². The van der Waals surface area contributed by atoms with Gasteiger partial charge in [-0.3, -0.25) is 0 Å². The first-order valence-corrected chi connectivity index (χ1v) is 0. The summed E-state index contributed by atoms with van der Waals surface area (Å²) in [5.41, 5.74) is 0. The molecule has 0 aromatic rings. The zero-order chi connectivity index (χ0) is 0. The van der Waals surface area contributed by atoms with Gasteiger partial charge in [-0.1, -0.05) is 0 Å². The Kier molecular flexibility index (Phi) is 1710. The van der Waals surface area contributed by atoms with Gasteiger partial charge in [-0.25, -0.2) is 0 Å². The van der Waals surface area contributed by atoms with E-state index in [-0.39, 0.29) is 887 Å². The predicted molar refractivity (Wildman–Crippen MR) is 214 cm³/mol. The van der Waals surface area contributed by atoms with Gasteiger partial charge in [-0.05, 0) is 0 Å². The Bertz CT molecular complexity index is 0. The van der Waals surface area contributed by atoms with Gasteiger partial charge in [0.15, 0.2) is 0 Å². The van der Waals surface area contributed by atoms with Crippen molar-refractivity contribution in [3.05, 3.63) is 0 Å². The second-order valence-electron chi connectivity index (χ2n) is 0. The van der Waals surface area contributed by atoms with Crippen LogP contribution in [0.5, 0.6) is 0 Å². The molecule has 30 heavy (non-hydrogen) atoms. The van der Waals surface area contributed by atoms with E-state index in [4.69, 9.17) is 0 Å². The molecular formula is H30Na30. The second kappa shape index (κ2) is 221. The standard InChI is InChI=1S/30Na.30H. The zero-order valence-electron chi connectivity index (χ0n) is 0. The van der Waals surface area contributed by atoms with Crippen molar-refractivity contribution >= 4 is 887 Å². The molecule has 0 rings (SSSR count). The van der Waals surface area contributed by atoms with Crippen LogP contribution in [0.15, 0.2) is 0 Å². The minimum absolute atomic E-state index is 0. The predicted octanol–water partition coefficient (Wildman–Crippen LogP) is -19.5. The molecule has 0 aliphatic heterocycles. The third kappa shape index (κ3) is 209. The first-order chi connectivity index (χ1) is 0. The fourth-order valence-electron chi connectivity index (χ4n) is 0. The molecule has 0 saturated heterocycles. The van der Waals surface area contributed by atoms with E-state index in [1.165, 1.54) is 0 Å². The van der Waals surface area contributed by atoms with E-state index in [0.717, 1.165) is 0 Å². The van der Waals surface area contributed by atoms with Crippen LogP contribution in [0.3, 0.4) is 0 Å². The van der Waals surface area contributed by atoms with E-state index in [1.807, 2.05) is 0 Å². The van der Waals surface area contributed by atoms with Crippen LogP contribution in [0, 0.1) is 0 Å². The van der Waals surface area contributed by atoms with Gasteiger partial charge in [0.05, 0.1) is 0 Å². The zero-order valence-corrected chi connectivity index (χ0v) is 0. The maximum absolute atomic E-state index is 0. The topological polar surface area (TPSA) is 0 Å². The molecule has 0 N–H and O–H groups in total. The van der Waals surface area contributed by atoms with E-state index in [9.17, 15) is 0 Å². The molecule has 0 unspecified atom stereocenters. The third-order valence-corrected chi connectivity index (χ3v) is 0. The molecule has 0 atom stereocenters. The normalized spacial score (nSPS) is 0. The van der Waals surface area contributed by atoms with Crippen molar-refractivity contribution < 1.29 is 0 Å². The van der Waals surface area contributed by atoms with Gasteiger partial charge >= 0.3 is 887 Å². The summed E-state index contributed by atoms with van der Waals surface area (Å²) in [4.78, 5) is 0. The fraction of sp³-hybridized carbons (Fsp3) is 0. The van der Waals surface area contributed by atoms with E-state index < -0.39 is 0 Å². The Morgan fingerprint density at radius 1 is 0.0333 bits per heavy atom. The van der Waals surface area contributed by atoms with Gasteiger partial charge in [0.1, 0.15) is 0 Å². The molecule has 0 aromatic carbocycles. The Balaban J connectivity index is 0. The number of hydrogen-bond acceptors (Lipinski definition) is 0. The van der Waals surface area contributed by atoms with Crippen molar-refractivity contribution in [2.24, 2.45) is 0 Å². The molecule has 0 spiro atoms. The van der Waals surface area contributed by atoms with Crippen molar-refractivity contribution in [3.8, 4) is 0 Å². The van der Waals surface area contributed by atoms with Crippen molar-refractivity contribution in [1.29, 1.82) is 0 Å². The van der Waals surface area contributed by atoms with E-state index in [2.05, 4.69) is 0 Å². The molecule has 0 aromatic heterocycles. The summed E-state index contributed by atoms with van der Waals surface area (Å²) in [7, 11) is 0. The van der Waals surface area contributed by atoms with Gasteiger partial charge < -0.3 is 0 Å². The molecular weight excluding hydrogens is 690 g/mol. The molecule has 0 fully saturated rings. The van der Waals surface area contributed by atoms with Crippen LogP contribution >= 0.6 is 0 Å². The van der Waals surface area contributed by atoms with Crippen molar-refractivity contribution in [1.82, 2.24) is 0 Å². The Labute approximate surface area is 854 Å². The summed E-state index contributed by atoms with van der Waals surface area (Å²) in [5, 5.41) is 0. The molecule has 0 amide bonds. The van der Waals surface area contributed by atoms with Gasteiger partial charge in [-0.15, -0.1) is 0 Å². The first-order valence-electron chi connectivity index (χ1n) is 0. The molecule has 0 bridgehead atoms. The summed E-state index contributed by atoms with van der Waals surface area (Å²) < 4.78 is 0. The quantitative estimate of drug-likeness (QED) is 0.219. The van der Waals surface area contributed by atoms with Gasteiger partial charge in [0.25, 0.3) is 0 Å². The van der Waals surface area contributed by atoms with Gasteiger partial charge in [0.2, 0.25) is 0 Å². The average molecular weight is 720 g/mol. The second-order valence-corrected chi connectivity index (χ2v) is 0. The molecule has 0 nitrogen and oxygen atoms in total. The van der Waals surface area contributed by atoms with Gasteiger partial charge in [-0.2, -0.15) is 0 Å². The summed E-state index contributed by atoms with van der Waals surface area (Å²) >= 11 is 0. The Morgan fingerprint density at radius 2 is 0.0333 bits per heavy atom.